The van der Waals surface area contributed by atoms with Gasteiger partial charge in [-0.05, 0) is 61.4 Å². The quantitative estimate of drug-likeness (QED) is 0.409. The molecule has 0 saturated carbocycles. The van der Waals surface area contributed by atoms with Crippen LogP contribution >= 0.6 is 0 Å². The van der Waals surface area contributed by atoms with Gasteiger partial charge in [0, 0.05) is 18.5 Å². The summed E-state index contributed by atoms with van der Waals surface area (Å²) >= 11 is 0. The molecular weight excluding hydrogens is 414 g/mol. The van der Waals surface area contributed by atoms with E-state index in [9.17, 15) is 9.90 Å². The number of carbonyl (C=O) groups excluding carboxylic acids is 1. The third-order valence-electron chi connectivity index (χ3n) is 5.43. The highest BCUT2D eigenvalue weighted by Crippen LogP contribution is 2.19. The Morgan fingerprint density at radius 1 is 1.03 bits per heavy atom. The average molecular weight is 444 g/mol. The van der Waals surface area contributed by atoms with Crippen molar-refractivity contribution in [1.82, 2.24) is 14.9 Å². The van der Waals surface area contributed by atoms with Crippen LogP contribution in [0.2, 0.25) is 0 Å². The van der Waals surface area contributed by atoms with Crippen LogP contribution in [0.25, 0.3) is 11.0 Å². The first kappa shape index (κ1) is 22.6. The minimum atomic E-state index is -0.707. The number of rotatable bonds is 9. The van der Waals surface area contributed by atoms with Gasteiger partial charge in [0.25, 0.3) is 5.91 Å². The van der Waals surface area contributed by atoms with Crippen molar-refractivity contribution in [3.63, 3.8) is 0 Å². The van der Waals surface area contributed by atoms with E-state index in [2.05, 4.69) is 11.4 Å². The largest absolute Gasteiger partial charge is 0.491 e. The normalized spacial score (nSPS) is 12.0. The van der Waals surface area contributed by atoms with E-state index >= 15 is 0 Å². The number of nitrogens with one attached hydrogen (secondary N) is 1. The van der Waals surface area contributed by atoms with E-state index in [4.69, 9.17) is 9.72 Å². The van der Waals surface area contributed by atoms with Crippen LogP contribution in [0.4, 0.5) is 0 Å². The maximum Gasteiger partial charge on any atom is 0.251 e. The number of aromatic nitrogens is 2. The van der Waals surface area contributed by atoms with Gasteiger partial charge >= 0.3 is 0 Å². The fourth-order valence-electron chi connectivity index (χ4n) is 3.97. The number of hydrogen-bond acceptors (Lipinski definition) is 4. The van der Waals surface area contributed by atoms with Crippen LogP contribution in [0, 0.1) is 13.8 Å². The minimum absolute atomic E-state index is 0.111. The molecule has 0 spiro atoms. The van der Waals surface area contributed by atoms with Crippen LogP contribution in [-0.2, 0) is 13.0 Å². The molecule has 0 aliphatic rings. The van der Waals surface area contributed by atoms with Crippen LogP contribution in [-0.4, -0.2) is 39.8 Å². The molecule has 6 nitrogen and oxygen atoms in total. The van der Waals surface area contributed by atoms with Gasteiger partial charge in [0.1, 0.15) is 24.3 Å². The SMILES string of the molecule is Cc1cc(C)cc(OCC(O)Cn2c(CCNC(=O)c3ccccc3)nc3ccccc32)c1. The Hall–Kier alpha value is -3.64. The molecule has 0 saturated heterocycles. The number of amides is 1. The van der Waals surface area contributed by atoms with E-state index in [0.29, 0.717) is 25.1 Å². The molecule has 4 aromatic rings. The Morgan fingerprint density at radius 2 is 1.73 bits per heavy atom. The molecule has 1 unspecified atom stereocenters. The molecule has 4 rings (SSSR count). The summed E-state index contributed by atoms with van der Waals surface area (Å²) in [6.45, 7) is 5.03. The highest BCUT2D eigenvalue weighted by molar-refractivity contribution is 5.94. The van der Waals surface area contributed by atoms with Gasteiger partial charge in [-0.1, -0.05) is 36.4 Å². The van der Waals surface area contributed by atoms with Gasteiger partial charge < -0.3 is 19.7 Å². The molecule has 0 radical (unpaired) electrons. The van der Waals surface area contributed by atoms with Gasteiger partial charge in [0.05, 0.1) is 17.6 Å². The lowest BCUT2D eigenvalue weighted by atomic mass is 10.1. The van der Waals surface area contributed by atoms with Crippen molar-refractivity contribution in [2.45, 2.75) is 32.9 Å². The highest BCUT2D eigenvalue weighted by atomic mass is 16.5. The summed E-state index contributed by atoms with van der Waals surface area (Å²) in [4.78, 5) is 17.1. The predicted molar refractivity (Wildman–Crippen MR) is 130 cm³/mol. The van der Waals surface area contributed by atoms with Gasteiger partial charge in [-0.25, -0.2) is 4.98 Å². The molecule has 1 atom stereocenters. The Labute approximate surface area is 193 Å². The number of aliphatic hydroxyl groups is 1. The predicted octanol–water partition coefficient (Wildman–Crippen LogP) is 4.07. The monoisotopic (exact) mass is 443 g/mol. The first-order valence-electron chi connectivity index (χ1n) is 11.2. The molecular formula is C27H29N3O3. The summed E-state index contributed by atoms with van der Waals surface area (Å²) in [5.74, 6) is 1.46. The van der Waals surface area contributed by atoms with Crippen molar-refractivity contribution in [1.29, 1.82) is 0 Å². The first-order chi connectivity index (χ1) is 16.0. The Balaban J connectivity index is 1.42. The fourth-order valence-corrected chi connectivity index (χ4v) is 3.97. The number of nitrogens with zero attached hydrogens (tertiary/aromatic N) is 2. The summed E-state index contributed by atoms with van der Waals surface area (Å²) in [6.07, 6.45) is -0.154. The molecule has 1 amide bonds. The van der Waals surface area contributed by atoms with Crippen molar-refractivity contribution < 1.29 is 14.6 Å². The lowest BCUT2D eigenvalue weighted by molar-refractivity contribution is 0.0922. The number of ether oxygens (including phenoxy) is 1. The zero-order chi connectivity index (χ0) is 23.2. The molecule has 6 heteroatoms. The number of para-hydroxylation sites is 2. The molecule has 0 aliphatic heterocycles. The number of imidazole rings is 1. The molecule has 1 aromatic heterocycles. The number of aliphatic hydroxyl groups excluding tert-OH is 1. The molecule has 33 heavy (non-hydrogen) atoms. The number of aryl methyl sites for hydroxylation is 2. The lowest BCUT2D eigenvalue weighted by Crippen LogP contribution is -2.28. The van der Waals surface area contributed by atoms with E-state index in [1.807, 2.05) is 73.0 Å². The van der Waals surface area contributed by atoms with Crippen molar-refractivity contribution >= 4 is 16.9 Å². The minimum Gasteiger partial charge on any atom is -0.491 e. The van der Waals surface area contributed by atoms with E-state index in [1.54, 1.807) is 12.1 Å². The van der Waals surface area contributed by atoms with E-state index < -0.39 is 6.10 Å². The number of carbonyl (C=O) groups is 1. The van der Waals surface area contributed by atoms with Crippen molar-refractivity contribution in [3.05, 3.63) is 95.3 Å². The Morgan fingerprint density at radius 3 is 2.48 bits per heavy atom. The van der Waals surface area contributed by atoms with Crippen LogP contribution in [0.3, 0.4) is 0 Å². The molecule has 1 heterocycles. The van der Waals surface area contributed by atoms with Crippen molar-refractivity contribution in [2.75, 3.05) is 13.2 Å². The first-order valence-corrected chi connectivity index (χ1v) is 11.2. The van der Waals surface area contributed by atoms with E-state index in [-0.39, 0.29) is 12.5 Å². The van der Waals surface area contributed by atoms with Crippen LogP contribution < -0.4 is 10.1 Å². The maximum absolute atomic E-state index is 12.3. The van der Waals surface area contributed by atoms with E-state index in [1.165, 1.54) is 0 Å². The van der Waals surface area contributed by atoms with Crippen molar-refractivity contribution in [3.8, 4) is 5.75 Å². The third kappa shape index (κ3) is 5.79. The Bertz CT molecular complexity index is 1210. The molecule has 3 aromatic carbocycles. The maximum atomic E-state index is 12.3. The van der Waals surface area contributed by atoms with Gasteiger partial charge in [-0.15, -0.1) is 0 Å². The second-order valence-corrected chi connectivity index (χ2v) is 8.29. The summed E-state index contributed by atoms with van der Waals surface area (Å²) in [5, 5.41) is 13.7. The highest BCUT2D eigenvalue weighted by Gasteiger charge is 2.15. The molecule has 2 N–H and O–H groups in total. The average Bonchev–Trinajstić information content (AvgIpc) is 3.15. The number of benzene rings is 3. The zero-order valence-electron chi connectivity index (χ0n) is 19.0. The summed E-state index contributed by atoms with van der Waals surface area (Å²) in [7, 11) is 0. The second kappa shape index (κ2) is 10.3. The molecule has 0 fully saturated rings. The number of hydrogen-bond donors (Lipinski definition) is 2. The zero-order valence-corrected chi connectivity index (χ0v) is 19.0. The number of fused-ring (bicyclic) bond motifs is 1. The van der Waals surface area contributed by atoms with Gasteiger partial charge in [0.2, 0.25) is 0 Å². The van der Waals surface area contributed by atoms with Crippen LogP contribution in [0.15, 0.2) is 72.8 Å². The molecule has 170 valence electrons. The standard InChI is InChI=1S/C27H29N3O3/c1-19-14-20(2)16-23(15-19)33-18-22(31)17-30-25-11-7-6-10-24(25)29-26(30)12-13-28-27(32)21-8-4-3-5-9-21/h3-11,14-16,22,31H,12-13,17-18H2,1-2H3,(H,28,32). The smallest absolute Gasteiger partial charge is 0.251 e. The van der Waals surface area contributed by atoms with Crippen LogP contribution in [0.1, 0.15) is 27.3 Å². The third-order valence-corrected chi connectivity index (χ3v) is 5.43. The Kier molecular flexibility index (Phi) is 7.05. The molecule has 0 bridgehead atoms. The fraction of sp³-hybridized carbons (Fsp3) is 0.259. The lowest BCUT2D eigenvalue weighted by Gasteiger charge is -2.16. The molecule has 0 aliphatic carbocycles. The van der Waals surface area contributed by atoms with Crippen molar-refractivity contribution in [2.24, 2.45) is 0 Å². The van der Waals surface area contributed by atoms with Gasteiger partial charge in [0.15, 0.2) is 0 Å². The van der Waals surface area contributed by atoms with E-state index in [0.717, 1.165) is 33.7 Å². The summed E-state index contributed by atoms with van der Waals surface area (Å²) in [6, 6.07) is 23.0. The van der Waals surface area contributed by atoms with Gasteiger partial charge in [-0.3, -0.25) is 4.79 Å². The van der Waals surface area contributed by atoms with Gasteiger partial charge in [-0.2, -0.15) is 0 Å². The summed E-state index contributed by atoms with van der Waals surface area (Å²) in [5.41, 5.74) is 4.70. The second-order valence-electron chi connectivity index (χ2n) is 8.29. The summed E-state index contributed by atoms with van der Waals surface area (Å²) < 4.78 is 7.86. The topological polar surface area (TPSA) is 76.4 Å². The van der Waals surface area contributed by atoms with Crippen LogP contribution in [0.5, 0.6) is 5.75 Å².